The fraction of sp³-hybridized carbons (Fsp3) is 0.750. The minimum absolute atomic E-state index is 0.0194. The molecule has 1 aliphatic carbocycles. The second-order valence-electron chi connectivity index (χ2n) is 10.2. The van der Waals surface area contributed by atoms with Gasteiger partial charge in [-0.25, -0.2) is 0 Å². The van der Waals surface area contributed by atoms with Crippen molar-refractivity contribution in [2.45, 2.75) is 135 Å². The van der Waals surface area contributed by atoms with E-state index in [9.17, 15) is 4.79 Å². The summed E-state index contributed by atoms with van der Waals surface area (Å²) in [5.41, 5.74) is 0.949. The van der Waals surface area contributed by atoms with Crippen LogP contribution in [0, 0.1) is 0 Å². The monoisotopic (exact) mass is 430 g/mol. The van der Waals surface area contributed by atoms with Crippen LogP contribution in [-0.4, -0.2) is 17.7 Å². The molecule has 0 amide bonds. The number of ether oxygens (including phenoxy) is 2. The first-order valence-corrected chi connectivity index (χ1v) is 12.9. The molecule has 176 valence electrons. The van der Waals surface area contributed by atoms with Gasteiger partial charge in [-0.2, -0.15) is 0 Å². The van der Waals surface area contributed by atoms with Crippen LogP contribution in [0.25, 0.3) is 0 Å². The van der Waals surface area contributed by atoms with Gasteiger partial charge in [0.15, 0.2) is 0 Å². The van der Waals surface area contributed by atoms with Gasteiger partial charge in [-0.1, -0.05) is 82.9 Å². The molecule has 31 heavy (non-hydrogen) atoms. The number of carbonyl (C=O) groups excluding carboxylic acids is 1. The van der Waals surface area contributed by atoms with Crippen LogP contribution in [0.3, 0.4) is 0 Å². The number of hydrogen-bond donors (Lipinski definition) is 0. The summed E-state index contributed by atoms with van der Waals surface area (Å²) in [6.45, 7) is 8.49. The molecule has 0 spiro atoms. The van der Waals surface area contributed by atoms with Gasteiger partial charge in [0.1, 0.15) is 17.5 Å². The summed E-state index contributed by atoms with van der Waals surface area (Å²) in [6, 6.07) is 8.30. The number of hydrogen-bond acceptors (Lipinski definition) is 3. The van der Waals surface area contributed by atoms with Crippen molar-refractivity contribution in [3.63, 3.8) is 0 Å². The van der Waals surface area contributed by atoms with Crippen molar-refractivity contribution < 1.29 is 14.3 Å². The molecule has 0 aliphatic heterocycles. The number of carbonyl (C=O) groups is 1. The number of rotatable bonds is 13. The number of para-hydroxylation sites is 1. The standard InChI is InChI=1S/C28H46O3/c1-5-6-7-8-9-10-11-12-13-22-27(29)30-25-20-16-14-18-23(25)24-19-15-17-21-26(24)31-28(2,3)4/h15,17,19,21,23,25H,5-14,16,18,20,22H2,1-4H3/t23-,25+/m1/s1. The maximum Gasteiger partial charge on any atom is 0.306 e. The number of benzene rings is 1. The lowest BCUT2D eigenvalue weighted by Gasteiger charge is -2.33. The van der Waals surface area contributed by atoms with Crippen LogP contribution in [0.1, 0.15) is 129 Å². The summed E-state index contributed by atoms with van der Waals surface area (Å²) < 4.78 is 12.3. The largest absolute Gasteiger partial charge is 0.488 e. The summed E-state index contributed by atoms with van der Waals surface area (Å²) in [5.74, 6) is 1.15. The predicted molar refractivity (Wildman–Crippen MR) is 130 cm³/mol. The Morgan fingerprint density at radius 3 is 2.19 bits per heavy atom. The van der Waals surface area contributed by atoms with E-state index in [2.05, 4.69) is 45.9 Å². The van der Waals surface area contributed by atoms with Crippen molar-refractivity contribution in [3.05, 3.63) is 29.8 Å². The van der Waals surface area contributed by atoms with Crippen molar-refractivity contribution in [2.24, 2.45) is 0 Å². The normalized spacial score (nSPS) is 19.2. The molecule has 2 rings (SSSR count). The predicted octanol–water partition coefficient (Wildman–Crippen LogP) is 8.35. The van der Waals surface area contributed by atoms with Crippen molar-refractivity contribution in [2.75, 3.05) is 0 Å². The quantitative estimate of drug-likeness (QED) is 0.233. The Hall–Kier alpha value is -1.51. The van der Waals surface area contributed by atoms with Crippen molar-refractivity contribution in [3.8, 4) is 5.75 Å². The van der Waals surface area contributed by atoms with Crippen molar-refractivity contribution >= 4 is 5.97 Å². The van der Waals surface area contributed by atoms with Crippen LogP contribution >= 0.6 is 0 Å². The second kappa shape index (κ2) is 13.8. The topological polar surface area (TPSA) is 35.5 Å². The van der Waals surface area contributed by atoms with Crippen LogP contribution < -0.4 is 4.74 Å². The Labute approximate surface area is 191 Å². The third kappa shape index (κ3) is 10.1. The molecule has 1 fully saturated rings. The van der Waals surface area contributed by atoms with Gasteiger partial charge in [-0.3, -0.25) is 4.79 Å². The first-order valence-electron chi connectivity index (χ1n) is 12.9. The average molecular weight is 431 g/mol. The summed E-state index contributed by atoms with van der Waals surface area (Å²) in [6.07, 6.45) is 16.2. The highest BCUT2D eigenvalue weighted by Crippen LogP contribution is 2.40. The molecule has 1 aliphatic rings. The smallest absolute Gasteiger partial charge is 0.306 e. The molecule has 1 aromatic carbocycles. The van der Waals surface area contributed by atoms with Gasteiger partial charge < -0.3 is 9.47 Å². The minimum atomic E-state index is -0.243. The zero-order valence-electron chi connectivity index (χ0n) is 20.6. The molecule has 0 aromatic heterocycles. The van der Waals surface area contributed by atoms with Gasteiger partial charge in [0.25, 0.3) is 0 Å². The minimum Gasteiger partial charge on any atom is -0.488 e. The Morgan fingerprint density at radius 2 is 1.52 bits per heavy atom. The highest BCUT2D eigenvalue weighted by molar-refractivity contribution is 5.69. The van der Waals surface area contributed by atoms with E-state index >= 15 is 0 Å². The molecule has 0 bridgehead atoms. The van der Waals surface area contributed by atoms with Crippen molar-refractivity contribution in [1.82, 2.24) is 0 Å². The van der Waals surface area contributed by atoms with Crippen LogP contribution in [0.5, 0.6) is 5.75 Å². The van der Waals surface area contributed by atoms with E-state index in [1.807, 2.05) is 6.07 Å². The summed E-state index contributed by atoms with van der Waals surface area (Å²) in [5, 5.41) is 0. The third-order valence-corrected chi connectivity index (χ3v) is 6.20. The molecule has 0 N–H and O–H groups in total. The van der Waals surface area contributed by atoms with Gasteiger partial charge in [0.05, 0.1) is 0 Å². The molecule has 2 atom stereocenters. The van der Waals surface area contributed by atoms with Crippen LogP contribution in [0.4, 0.5) is 0 Å². The van der Waals surface area contributed by atoms with Gasteiger partial charge in [-0.15, -0.1) is 0 Å². The van der Waals surface area contributed by atoms with E-state index in [1.54, 1.807) is 0 Å². The van der Waals surface area contributed by atoms with E-state index in [4.69, 9.17) is 9.47 Å². The molecule has 0 saturated heterocycles. The molecule has 0 heterocycles. The SMILES string of the molecule is CCCCCCCCCCCC(=O)O[C@H]1CCCC[C@@H]1c1ccccc1OC(C)(C)C. The summed E-state index contributed by atoms with van der Waals surface area (Å²) >= 11 is 0. The molecular weight excluding hydrogens is 384 g/mol. The molecule has 0 radical (unpaired) electrons. The van der Waals surface area contributed by atoms with E-state index in [0.717, 1.165) is 37.9 Å². The lowest BCUT2D eigenvalue weighted by atomic mass is 9.81. The average Bonchev–Trinajstić information content (AvgIpc) is 2.72. The highest BCUT2D eigenvalue weighted by Gasteiger charge is 2.32. The fourth-order valence-electron chi connectivity index (χ4n) is 4.61. The molecule has 1 saturated carbocycles. The highest BCUT2D eigenvalue weighted by atomic mass is 16.5. The maximum absolute atomic E-state index is 12.6. The van der Waals surface area contributed by atoms with Crippen LogP contribution in [0.15, 0.2) is 24.3 Å². The van der Waals surface area contributed by atoms with Crippen molar-refractivity contribution in [1.29, 1.82) is 0 Å². The first kappa shape index (κ1) is 25.7. The maximum atomic E-state index is 12.6. The Kier molecular flexibility index (Phi) is 11.5. The van der Waals surface area contributed by atoms with E-state index in [1.165, 1.54) is 56.9 Å². The van der Waals surface area contributed by atoms with Gasteiger partial charge in [0, 0.05) is 17.9 Å². The van der Waals surface area contributed by atoms with Gasteiger partial charge in [0.2, 0.25) is 0 Å². The second-order valence-corrected chi connectivity index (χ2v) is 10.2. The zero-order chi connectivity index (χ0) is 22.5. The molecule has 3 heteroatoms. The van der Waals surface area contributed by atoms with Crippen LogP contribution in [0.2, 0.25) is 0 Å². The lowest BCUT2D eigenvalue weighted by Crippen LogP contribution is -2.30. The Balaban J connectivity index is 1.79. The third-order valence-electron chi connectivity index (χ3n) is 6.20. The van der Waals surface area contributed by atoms with E-state index in [-0.39, 0.29) is 23.6 Å². The van der Waals surface area contributed by atoms with Gasteiger partial charge in [-0.05, 0) is 52.5 Å². The van der Waals surface area contributed by atoms with E-state index in [0.29, 0.717) is 6.42 Å². The number of unbranched alkanes of at least 4 members (excludes halogenated alkanes) is 8. The van der Waals surface area contributed by atoms with Crippen LogP contribution in [-0.2, 0) is 9.53 Å². The zero-order valence-corrected chi connectivity index (χ0v) is 20.6. The summed E-state index contributed by atoms with van der Waals surface area (Å²) in [7, 11) is 0. The Bertz CT molecular complexity index is 631. The van der Waals surface area contributed by atoms with E-state index < -0.39 is 0 Å². The lowest BCUT2D eigenvalue weighted by molar-refractivity contribution is -0.151. The first-order chi connectivity index (χ1) is 14.9. The molecular formula is C28H46O3. The Morgan fingerprint density at radius 1 is 0.903 bits per heavy atom. The molecule has 1 aromatic rings. The fourth-order valence-corrected chi connectivity index (χ4v) is 4.61. The van der Waals surface area contributed by atoms with Gasteiger partial charge >= 0.3 is 5.97 Å². The molecule has 3 nitrogen and oxygen atoms in total. The summed E-state index contributed by atoms with van der Waals surface area (Å²) in [4.78, 5) is 12.6. The molecule has 0 unspecified atom stereocenters. The number of esters is 1.